The minimum atomic E-state index is -0.164. The van der Waals surface area contributed by atoms with Crippen LogP contribution in [0.1, 0.15) is 25.5 Å². The van der Waals surface area contributed by atoms with E-state index in [0.29, 0.717) is 5.56 Å². The van der Waals surface area contributed by atoms with Crippen molar-refractivity contribution < 1.29 is 4.39 Å². The molecule has 3 nitrogen and oxygen atoms in total. The van der Waals surface area contributed by atoms with Crippen LogP contribution in [0, 0.1) is 5.82 Å². The molecule has 0 fully saturated rings. The molecular weight excluding hydrogens is 369 g/mol. The Morgan fingerprint density at radius 3 is 2.79 bits per heavy atom. The van der Waals surface area contributed by atoms with Crippen molar-refractivity contribution in [1.29, 1.82) is 0 Å². The van der Waals surface area contributed by atoms with Crippen LogP contribution < -0.4 is 4.90 Å². The fourth-order valence-electron chi connectivity index (χ4n) is 3.51. The molecule has 4 rings (SSSR count). The van der Waals surface area contributed by atoms with Gasteiger partial charge >= 0.3 is 0 Å². The Balaban J connectivity index is 2.03. The minimum absolute atomic E-state index is 0.164. The topological polar surface area (TPSA) is 21.1 Å². The maximum atomic E-state index is 14.9. The molecule has 3 aromatic rings. The fraction of sp³-hybridized carbons (Fsp3) is 0.316. The first kappa shape index (κ1) is 15.6. The van der Waals surface area contributed by atoms with Crippen LogP contribution in [-0.4, -0.2) is 23.1 Å². The van der Waals surface area contributed by atoms with Crippen molar-refractivity contribution >= 4 is 32.7 Å². The Labute approximate surface area is 149 Å². The summed E-state index contributed by atoms with van der Waals surface area (Å²) in [5, 5.41) is 0.964. The molecule has 0 aliphatic carbocycles. The number of aromatic nitrogens is 2. The van der Waals surface area contributed by atoms with Crippen LogP contribution >= 0.6 is 15.9 Å². The lowest BCUT2D eigenvalue weighted by Gasteiger charge is -2.14. The van der Waals surface area contributed by atoms with Crippen molar-refractivity contribution in [3.05, 3.63) is 46.4 Å². The van der Waals surface area contributed by atoms with Gasteiger partial charge in [-0.2, -0.15) is 0 Å². The number of likely N-dealkylation sites (N-methyl/N-ethyl adjacent to an activating group) is 1. The van der Waals surface area contributed by atoms with Crippen molar-refractivity contribution in [1.82, 2.24) is 9.55 Å². The zero-order valence-electron chi connectivity index (χ0n) is 14.0. The second-order valence-corrected chi connectivity index (χ2v) is 7.52. The van der Waals surface area contributed by atoms with Crippen molar-refractivity contribution in [3.8, 4) is 11.1 Å². The summed E-state index contributed by atoms with van der Waals surface area (Å²) >= 11 is 3.62. The summed E-state index contributed by atoms with van der Waals surface area (Å²) < 4.78 is 17.9. The van der Waals surface area contributed by atoms with E-state index in [4.69, 9.17) is 0 Å². The number of halogens is 2. The minimum Gasteiger partial charge on any atom is -0.374 e. The second-order valence-electron chi connectivity index (χ2n) is 6.67. The van der Waals surface area contributed by atoms with Crippen molar-refractivity contribution in [3.63, 3.8) is 0 Å². The third-order valence-electron chi connectivity index (χ3n) is 4.80. The van der Waals surface area contributed by atoms with Gasteiger partial charge in [0, 0.05) is 58.7 Å². The molecule has 1 aliphatic rings. The number of rotatable bonds is 2. The molecule has 0 radical (unpaired) electrons. The highest BCUT2D eigenvalue weighted by atomic mass is 79.9. The zero-order chi connectivity index (χ0) is 17.0. The summed E-state index contributed by atoms with van der Waals surface area (Å²) in [5.74, 6) is -0.164. The monoisotopic (exact) mass is 387 g/mol. The number of hydrogen-bond donors (Lipinski definition) is 0. The van der Waals surface area contributed by atoms with E-state index in [9.17, 15) is 4.39 Å². The molecule has 0 saturated carbocycles. The Kier molecular flexibility index (Phi) is 3.64. The van der Waals surface area contributed by atoms with Gasteiger partial charge < -0.3 is 9.47 Å². The summed E-state index contributed by atoms with van der Waals surface area (Å²) in [4.78, 5) is 6.71. The third-order valence-corrected chi connectivity index (χ3v) is 5.47. The quantitative estimate of drug-likeness (QED) is 0.603. The standard InChI is InChI=1S/C19H19BrFN3/c1-11(2)24-10-14(18-15(20)4-6-22-19(18)24)13-9-17-12(8-16(13)21)5-7-23(17)3/h4,6,8-11H,5,7H2,1-3H3. The van der Waals surface area contributed by atoms with Gasteiger partial charge in [-0.3, -0.25) is 0 Å². The molecule has 24 heavy (non-hydrogen) atoms. The van der Waals surface area contributed by atoms with E-state index in [2.05, 4.69) is 51.3 Å². The highest BCUT2D eigenvalue weighted by Gasteiger charge is 2.23. The van der Waals surface area contributed by atoms with Gasteiger partial charge in [0.15, 0.2) is 0 Å². The Bertz CT molecular complexity index is 945. The van der Waals surface area contributed by atoms with Gasteiger partial charge in [0.25, 0.3) is 0 Å². The van der Waals surface area contributed by atoms with Crippen molar-refractivity contribution in [2.75, 3.05) is 18.5 Å². The summed E-state index contributed by atoms with van der Waals surface area (Å²) in [7, 11) is 2.06. The number of fused-ring (bicyclic) bond motifs is 2. The number of benzene rings is 1. The first-order valence-corrected chi connectivity index (χ1v) is 8.95. The molecule has 2 aromatic heterocycles. The smallest absolute Gasteiger partial charge is 0.141 e. The molecule has 0 unspecified atom stereocenters. The molecule has 0 spiro atoms. The third kappa shape index (κ3) is 2.25. The van der Waals surface area contributed by atoms with E-state index in [1.54, 1.807) is 12.3 Å². The summed E-state index contributed by atoms with van der Waals surface area (Å²) in [6, 6.07) is 5.84. The molecule has 124 valence electrons. The highest BCUT2D eigenvalue weighted by molar-refractivity contribution is 9.10. The van der Waals surface area contributed by atoms with Gasteiger partial charge in [-0.05, 0) is 60.0 Å². The van der Waals surface area contributed by atoms with Crippen LogP contribution in [-0.2, 0) is 6.42 Å². The van der Waals surface area contributed by atoms with Gasteiger partial charge in [-0.25, -0.2) is 9.37 Å². The van der Waals surface area contributed by atoms with Gasteiger partial charge in [0.1, 0.15) is 11.5 Å². The molecular formula is C19H19BrFN3. The maximum Gasteiger partial charge on any atom is 0.141 e. The summed E-state index contributed by atoms with van der Waals surface area (Å²) in [5.41, 5.74) is 4.61. The maximum absolute atomic E-state index is 14.9. The van der Waals surface area contributed by atoms with Gasteiger partial charge in [0.05, 0.1) is 0 Å². The lowest BCUT2D eigenvalue weighted by atomic mass is 10.0. The number of anilines is 1. The zero-order valence-corrected chi connectivity index (χ0v) is 15.6. The fourth-order valence-corrected chi connectivity index (χ4v) is 4.02. The number of hydrogen-bond acceptors (Lipinski definition) is 2. The van der Waals surface area contributed by atoms with Gasteiger partial charge in [0.2, 0.25) is 0 Å². The molecule has 0 atom stereocenters. The van der Waals surface area contributed by atoms with E-state index in [0.717, 1.165) is 45.3 Å². The van der Waals surface area contributed by atoms with Crippen LogP contribution in [0.25, 0.3) is 22.2 Å². The van der Waals surface area contributed by atoms with Crippen LogP contribution in [0.3, 0.4) is 0 Å². The lowest BCUT2D eigenvalue weighted by Crippen LogP contribution is -2.12. The van der Waals surface area contributed by atoms with Crippen molar-refractivity contribution in [2.45, 2.75) is 26.3 Å². The summed E-state index contributed by atoms with van der Waals surface area (Å²) in [6.07, 6.45) is 4.71. The largest absolute Gasteiger partial charge is 0.374 e. The lowest BCUT2D eigenvalue weighted by molar-refractivity contribution is 0.616. The van der Waals surface area contributed by atoms with E-state index < -0.39 is 0 Å². The molecule has 0 N–H and O–H groups in total. The normalized spacial score (nSPS) is 14.0. The van der Waals surface area contributed by atoms with Gasteiger partial charge in [-0.1, -0.05) is 0 Å². The highest BCUT2D eigenvalue weighted by Crippen LogP contribution is 2.40. The summed E-state index contributed by atoms with van der Waals surface area (Å²) in [6.45, 7) is 5.16. The Hall–Kier alpha value is -1.88. The molecule has 0 amide bonds. The molecule has 1 aliphatic heterocycles. The predicted octanol–water partition coefficient (Wildman–Crippen LogP) is 5.18. The first-order chi connectivity index (χ1) is 11.5. The van der Waals surface area contributed by atoms with Gasteiger partial charge in [-0.15, -0.1) is 0 Å². The molecule has 5 heteroatoms. The van der Waals surface area contributed by atoms with Crippen LogP contribution in [0.15, 0.2) is 35.1 Å². The molecule has 0 saturated heterocycles. The van der Waals surface area contributed by atoms with E-state index in [-0.39, 0.29) is 11.9 Å². The molecule has 3 heterocycles. The molecule has 0 bridgehead atoms. The average molecular weight is 388 g/mol. The van der Waals surface area contributed by atoms with Crippen molar-refractivity contribution in [2.24, 2.45) is 0 Å². The Morgan fingerprint density at radius 1 is 1.25 bits per heavy atom. The van der Waals surface area contributed by atoms with Crippen LogP contribution in [0.5, 0.6) is 0 Å². The molecule has 1 aromatic carbocycles. The predicted molar refractivity (Wildman–Crippen MR) is 100 cm³/mol. The second kappa shape index (κ2) is 5.59. The average Bonchev–Trinajstić information content (AvgIpc) is 3.09. The SMILES string of the molecule is CC(C)n1cc(-c2cc3c(cc2F)CCN3C)c2c(Br)ccnc21. The van der Waals surface area contributed by atoms with Crippen LogP contribution in [0.2, 0.25) is 0 Å². The first-order valence-electron chi connectivity index (χ1n) is 8.16. The van der Waals surface area contributed by atoms with Crippen LogP contribution in [0.4, 0.5) is 10.1 Å². The van der Waals surface area contributed by atoms with E-state index >= 15 is 0 Å². The number of nitrogens with zero attached hydrogens (tertiary/aromatic N) is 3. The Morgan fingerprint density at radius 2 is 2.04 bits per heavy atom. The van der Waals surface area contributed by atoms with E-state index in [1.807, 2.05) is 18.3 Å². The van der Waals surface area contributed by atoms with E-state index in [1.165, 1.54) is 0 Å². The number of pyridine rings is 1.